The number of carbonyl (C=O) groups is 3. The summed E-state index contributed by atoms with van der Waals surface area (Å²) in [5.74, 6) is -0.520. The van der Waals surface area contributed by atoms with Crippen LogP contribution in [0.2, 0.25) is 0 Å². The van der Waals surface area contributed by atoms with E-state index in [9.17, 15) is 14.4 Å². The Morgan fingerprint density at radius 3 is 2.65 bits per heavy atom. The fourth-order valence-corrected chi connectivity index (χ4v) is 4.50. The molecular weight excluding hydrogens is 414 g/mol. The number of thiophene rings is 1. The first kappa shape index (κ1) is 24.8. The monoisotopic (exact) mass is 449 g/mol. The molecule has 0 saturated carbocycles. The van der Waals surface area contributed by atoms with Gasteiger partial charge in [-0.15, -0.1) is 11.3 Å². The van der Waals surface area contributed by atoms with Crippen LogP contribution in [0.1, 0.15) is 75.2 Å². The summed E-state index contributed by atoms with van der Waals surface area (Å²) in [6, 6.07) is 1.28. The predicted molar refractivity (Wildman–Crippen MR) is 123 cm³/mol. The molecule has 1 aromatic heterocycles. The largest absolute Gasteiger partial charge is 0.384 e. The predicted octanol–water partition coefficient (Wildman–Crippen LogP) is 2.51. The van der Waals surface area contributed by atoms with E-state index in [0.717, 1.165) is 30.6 Å². The molecule has 3 amide bonds. The average molecular weight is 450 g/mol. The molecule has 0 radical (unpaired) electrons. The molecule has 1 aliphatic rings. The smallest absolute Gasteiger partial charge is 0.243 e. The maximum atomic E-state index is 12.6. The van der Waals surface area contributed by atoms with E-state index in [1.54, 1.807) is 16.3 Å². The summed E-state index contributed by atoms with van der Waals surface area (Å²) in [5, 5.41) is 14.8. The summed E-state index contributed by atoms with van der Waals surface area (Å²) in [6.45, 7) is 2.97. The zero-order valence-electron chi connectivity index (χ0n) is 18.4. The van der Waals surface area contributed by atoms with Crippen LogP contribution in [0.3, 0.4) is 0 Å². The Labute approximate surface area is 188 Å². The normalized spacial score (nSPS) is 15.6. The van der Waals surface area contributed by atoms with Crippen LogP contribution in [0.15, 0.2) is 11.4 Å². The van der Waals surface area contributed by atoms with E-state index < -0.39 is 6.04 Å². The van der Waals surface area contributed by atoms with Gasteiger partial charge in [-0.1, -0.05) is 39.0 Å². The van der Waals surface area contributed by atoms with E-state index in [1.165, 1.54) is 30.6 Å². The molecular formula is C22H35N5O3S. The summed E-state index contributed by atoms with van der Waals surface area (Å²) in [4.78, 5) is 39.6. The van der Waals surface area contributed by atoms with Crippen LogP contribution in [0, 0.1) is 5.41 Å². The van der Waals surface area contributed by atoms with Gasteiger partial charge in [-0.2, -0.15) is 0 Å². The van der Waals surface area contributed by atoms with Crippen LogP contribution >= 0.6 is 11.3 Å². The number of hydrogen-bond acceptors (Lipinski definition) is 5. The lowest BCUT2D eigenvalue weighted by Crippen LogP contribution is -2.48. The van der Waals surface area contributed by atoms with Crippen molar-refractivity contribution in [2.45, 2.75) is 77.3 Å². The highest BCUT2D eigenvalue weighted by atomic mass is 32.1. The lowest BCUT2D eigenvalue weighted by atomic mass is 10.1. The van der Waals surface area contributed by atoms with Gasteiger partial charge in [0.2, 0.25) is 17.7 Å². The highest BCUT2D eigenvalue weighted by Gasteiger charge is 2.33. The number of nitrogens with zero attached hydrogens (tertiary/aromatic N) is 1. The Bertz CT molecular complexity index is 764. The topological polar surface area (TPSA) is 128 Å². The third kappa shape index (κ3) is 8.32. The molecule has 0 aromatic carbocycles. The third-order valence-corrected chi connectivity index (χ3v) is 6.41. The Morgan fingerprint density at radius 1 is 1.19 bits per heavy atom. The maximum absolute atomic E-state index is 12.6. The van der Waals surface area contributed by atoms with Gasteiger partial charge in [0.1, 0.15) is 11.9 Å². The zero-order valence-corrected chi connectivity index (χ0v) is 19.2. The molecule has 2 heterocycles. The number of unbranched alkanes of at least 4 members (excludes halogenated alkanes) is 5. The van der Waals surface area contributed by atoms with Gasteiger partial charge >= 0.3 is 0 Å². The number of nitrogen functional groups attached to an aromatic ring is 1. The second-order valence-electron chi connectivity index (χ2n) is 7.97. The van der Waals surface area contributed by atoms with Crippen molar-refractivity contribution in [3.05, 3.63) is 21.9 Å². The summed E-state index contributed by atoms with van der Waals surface area (Å²) >= 11 is 1.43. The fraction of sp³-hybridized carbons (Fsp3) is 0.636. The van der Waals surface area contributed by atoms with Crippen LogP contribution in [-0.4, -0.2) is 47.6 Å². The van der Waals surface area contributed by atoms with Crippen LogP contribution in [0.4, 0.5) is 0 Å². The van der Waals surface area contributed by atoms with Crippen molar-refractivity contribution in [1.82, 2.24) is 15.5 Å². The minimum Gasteiger partial charge on any atom is -0.384 e. The minimum absolute atomic E-state index is 0.0000634. The van der Waals surface area contributed by atoms with Gasteiger partial charge in [0.05, 0.1) is 13.1 Å². The van der Waals surface area contributed by atoms with Crippen molar-refractivity contribution in [3.8, 4) is 0 Å². The molecule has 9 heteroatoms. The second kappa shape index (κ2) is 13.1. The van der Waals surface area contributed by atoms with E-state index in [0.29, 0.717) is 31.5 Å². The van der Waals surface area contributed by atoms with Gasteiger partial charge in [0.15, 0.2) is 0 Å². The van der Waals surface area contributed by atoms with Crippen molar-refractivity contribution in [2.24, 2.45) is 5.73 Å². The molecule has 1 aliphatic heterocycles. The molecule has 1 saturated heterocycles. The molecule has 0 bridgehead atoms. The quantitative estimate of drug-likeness (QED) is 0.209. The van der Waals surface area contributed by atoms with E-state index in [2.05, 4.69) is 17.6 Å². The highest BCUT2D eigenvalue weighted by molar-refractivity contribution is 7.10. The lowest BCUT2D eigenvalue weighted by molar-refractivity contribution is -0.138. The fourth-order valence-electron chi connectivity index (χ4n) is 3.67. The lowest BCUT2D eigenvalue weighted by Gasteiger charge is -2.24. The molecule has 0 aliphatic carbocycles. The van der Waals surface area contributed by atoms with E-state index in [1.807, 2.05) is 0 Å². The first-order valence-corrected chi connectivity index (χ1v) is 12.1. The van der Waals surface area contributed by atoms with E-state index in [4.69, 9.17) is 11.1 Å². The van der Waals surface area contributed by atoms with Crippen LogP contribution in [0.25, 0.3) is 0 Å². The Hall–Kier alpha value is -2.42. The summed E-state index contributed by atoms with van der Waals surface area (Å²) in [5.41, 5.74) is 6.11. The number of amidine groups is 1. The molecule has 1 fully saturated rings. The van der Waals surface area contributed by atoms with Gasteiger partial charge in [-0.05, 0) is 25.3 Å². The van der Waals surface area contributed by atoms with Gasteiger partial charge in [-0.3, -0.25) is 19.8 Å². The average Bonchev–Trinajstić information content (AvgIpc) is 3.42. The number of likely N-dealkylation sites (tertiary alicyclic amines) is 1. The van der Waals surface area contributed by atoms with Gasteiger partial charge in [0.25, 0.3) is 0 Å². The molecule has 2 rings (SSSR count). The van der Waals surface area contributed by atoms with Crippen molar-refractivity contribution in [3.63, 3.8) is 0 Å². The molecule has 0 spiro atoms. The SMILES string of the molecule is CCCCCCCCC(=O)NCC(=O)N1CCC[C@H]1C(=O)NCc1cc(C(=N)N)cs1. The first-order valence-electron chi connectivity index (χ1n) is 11.2. The van der Waals surface area contributed by atoms with E-state index in [-0.39, 0.29) is 30.1 Å². The minimum atomic E-state index is -0.504. The molecule has 172 valence electrons. The summed E-state index contributed by atoms with van der Waals surface area (Å²) in [7, 11) is 0. The Morgan fingerprint density at radius 2 is 1.94 bits per heavy atom. The van der Waals surface area contributed by atoms with Crippen molar-refractivity contribution < 1.29 is 14.4 Å². The summed E-state index contributed by atoms with van der Waals surface area (Å²) < 4.78 is 0. The van der Waals surface area contributed by atoms with Gasteiger partial charge in [-0.25, -0.2) is 0 Å². The number of nitrogens with one attached hydrogen (secondary N) is 3. The Balaban J connectivity index is 1.70. The molecule has 1 atom stereocenters. The molecule has 8 nitrogen and oxygen atoms in total. The van der Waals surface area contributed by atoms with Gasteiger partial charge in [0, 0.05) is 28.8 Å². The number of carbonyl (C=O) groups excluding carboxylic acids is 3. The summed E-state index contributed by atoms with van der Waals surface area (Å²) in [6.07, 6.45) is 8.48. The van der Waals surface area contributed by atoms with E-state index >= 15 is 0 Å². The van der Waals surface area contributed by atoms with Crippen molar-refractivity contribution in [1.29, 1.82) is 5.41 Å². The first-order chi connectivity index (χ1) is 14.9. The van der Waals surface area contributed by atoms with Crippen LogP contribution in [-0.2, 0) is 20.9 Å². The molecule has 5 N–H and O–H groups in total. The van der Waals surface area contributed by atoms with Gasteiger partial charge < -0.3 is 21.3 Å². The second-order valence-corrected chi connectivity index (χ2v) is 8.97. The maximum Gasteiger partial charge on any atom is 0.243 e. The molecule has 31 heavy (non-hydrogen) atoms. The number of nitrogens with two attached hydrogens (primary N) is 1. The van der Waals surface area contributed by atoms with Crippen molar-refractivity contribution >= 4 is 34.9 Å². The Kier molecular flexibility index (Phi) is 10.5. The molecule has 0 unspecified atom stereocenters. The third-order valence-electron chi connectivity index (χ3n) is 5.47. The highest BCUT2D eigenvalue weighted by Crippen LogP contribution is 2.19. The van der Waals surface area contributed by atoms with Crippen molar-refractivity contribution in [2.75, 3.05) is 13.1 Å². The van der Waals surface area contributed by atoms with Crippen LogP contribution in [0.5, 0.6) is 0 Å². The number of amides is 3. The molecule has 1 aromatic rings. The standard InChI is InChI=1S/C22H35N5O3S/c1-2-3-4-5-6-7-10-19(28)25-14-20(29)27-11-8-9-18(27)22(30)26-13-17-12-16(15-31-17)21(23)24/h12,15,18H,2-11,13-14H2,1H3,(H3,23,24)(H,25,28)(H,26,30)/t18-/m0/s1. The van der Waals surface area contributed by atoms with Crippen LogP contribution < -0.4 is 16.4 Å². The number of hydrogen-bond donors (Lipinski definition) is 4. The number of rotatable bonds is 13. The zero-order chi connectivity index (χ0) is 22.6.